The molecule has 0 amide bonds. The standard InChI is InChI=1S/C15H24/c1-11-5-6-12-14(4)7-9-15(12,10-8-14)13(11,2)3/h5,12H,6-10H2,1-4H3. The maximum Gasteiger partial charge on any atom is -0.00881 e. The lowest BCUT2D eigenvalue weighted by molar-refractivity contribution is 0.0506. The van der Waals surface area contributed by atoms with Crippen LogP contribution in [0.3, 0.4) is 0 Å². The highest BCUT2D eigenvalue weighted by Crippen LogP contribution is 2.74. The SMILES string of the molecule is CC1=CCC2C3(C)CCC2(CC3)C1(C)C. The minimum absolute atomic E-state index is 0.462. The number of hydrogen-bond acceptors (Lipinski definition) is 0. The molecule has 2 fully saturated rings. The topological polar surface area (TPSA) is 0 Å². The predicted octanol–water partition coefficient (Wildman–Crippen LogP) is 4.56. The first-order valence-electron chi connectivity index (χ1n) is 6.60. The van der Waals surface area contributed by atoms with Gasteiger partial charge in [-0.15, -0.1) is 0 Å². The smallest absolute Gasteiger partial charge is 0.00881 e. The number of rotatable bonds is 0. The van der Waals surface area contributed by atoms with Crippen molar-refractivity contribution in [2.24, 2.45) is 22.2 Å². The van der Waals surface area contributed by atoms with E-state index in [0.29, 0.717) is 16.2 Å². The summed E-state index contributed by atoms with van der Waals surface area (Å²) in [6.45, 7) is 9.92. The van der Waals surface area contributed by atoms with Crippen molar-refractivity contribution < 1.29 is 0 Å². The second kappa shape index (κ2) is 2.52. The van der Waals surface area contributed by atoms with Crippen molar-refractivity contribution >= 4 is 0 Å². The highest BCUT2D eigenvalue weighted by Gasteiger charge is 2.65. The van der Waals surface area contributed by atoms with E-state index in [1.807, 2.05) is 0 Å². The Labute approximate surface area is 94.1 Å². The van der Waals surface area contributed by atoms with Crippen molar-refractivity contribution in [2.45, 2.75) is 59.8 Å². The van der Waals surface area contributed by atoms with Crippen LogP contribution in [0.2, 0.25) is 0 Å². The first-order chi connectivity index (χ1) is 6.92. The summed E-state index contributed by atoms with van der Waals surface area (Å²) in [5.41, 5.74) is 3.48. The lowest BCUT2D eigenvalue weighted by Crippen LogP contribution is -2.42. The van der Waals surface area contributed by atoms with Gasteiger partial charge in [-0.25, -0.2) is 0 Å². The van der Waals surface area contributed by atoms with Gasteiger partial charge in [0.1, 0.15) is 0 Å². The Bertz CT molecular complexity index is 324. The Kier molecular flexibility index (Phi) is 1.67. The fourth-order valence-corrected chi connectivity index (χ4v) is 5.14. The minimum atomic E-state index is 0.462. The highest BCUT2D eigenvalue weighted by molar-refractivity contribution is 5.27. The van der Waals surface area contributed by atoms with Crippen molar-refractivity contribution in [3.8, 4) is 0 Å². The first kappa shape index (κ1) is 9.93. The molecule has 0 radical (unpaired) electrons. The molecule has 0 saturated heterocycles. The van der Waals surface area contributed by atoms with Gasteiger partial charge < -0.3 is 0 Å². The minimum Gasteiger partial charge on any atom is -0.0847 e. The van der Waals surface area contributed by atoms with Crippen molar-refractivity contribution in [3.05, 3.63) is 11.6 Å². The molecule has 3 aliphatic carbocycles. The van der Waals surface area contributed by atoms with Gasteiger partial charge >= 0.3 is 0 Å². The van der Waals surface area contributed by atoms with Gasteiger partial charge in [0.25, 0.3) is 0 Å². The number of hydrogen-bond donors (Lipinski definition) is 0. The van der Waals surface area contributed by atoms with Gasteiger partial charge in [-0.3, -0.25) is 0 Å². The molecule has 2 saturated carbocycles. The zero-order valence-electron chi connectivity index (χ0n) is 10.7. The van der Waals surface area contributed by atoms with Crippen LogP contribution in [0.15, 0.2) is 11.6 Å². The van der Waals surface area contributed by atoms with E-state index in [9.17, 15) is 0 Å². The third-order valence-corrected chi connectivity index (χ3v) is 6.68. The molecule has 0 aliphatic heterocycles. The van der Waals surface area contributed by atoms with E-state index in [-0.39, 0.29) is 0 Å². The summed E-state index contributed by atoms with van der Waals surface area (Å²) in [6, 6.07) is 0. The van der Waals surface area contributed by atoms with Gasteiger partial charge in [-0.2, -0.15) is 0 Å². The summed E-state index contributed by atoms with van der Waals surface area (Å²) in [5, 5.41) is 0. The second-order valence-corrected chi connectivity index (χ2v) is 7.11. The van der Waals surface area contributed by atoms with E-state index in [1.54, 1.807) is 5.57 Å². The molecule has 0 aromatic rings. The molecular formula is C15H24. The van der Waals surface area contributed by atoms with Gasteiger partial charge in [0, 0.05) is 0 Å². The largest absolute Gasteiger partial charge is 0.0847 e. The van der Waals surface area contributed by atoms with E-state index in [2.05, 4.69) is 33.8 Å². The quantitative estimate of drug-likeness (QED) is 0.507. The molecule has 0 N–H and O–H groups in total. The van der Waals surface area contributed by atoms with Crippen molar-refractivity contribution in [2.75, 3.05) is 0 Å². The van der Waals surface area contributed by atoms with Crippen LogP contribution in [0, 0.1) is 22.2 Å². The van der Waals surface area contributed by atoms with Crippen LogP contribution in [0.25, 0.3) is 0 Å². The summed E-state index contributed by atoms with van der Waals surface area (Å²) in [4.78, 5) is 0. The molecule has 1 atom stereocenters. The van der Waals surface area contributed by atoms with Crippen molar-refractivity contribution in [1.29, 1.82) is 0 Å². The average molecular weight is 204 g/mol. The Hall–Kier alpha value is -0.260. The van der Waals surface area contributed by atoms with E-state index in [1.165, 1.54) is 32.1 Å². The lowest BCUT2D eigenvalue weighted by Gasteiger charge is -2.50. The van der Waals surface area contributed by atoms with E-state index in [4.69, 9.17) is 0 Å². The van der Waals surface area contributed by atoms with Crippen LogP contribution >= 0.6 is 0 Å². The van der Waals surface area contributed by atoms with Gasteiger partial charge in [-0.05, 0) is 61.2 Å². The van der Waals surface area contributed by atoms with Crippen LogP contribution < -0.4 is 0 Å². The summed E-state index contributed by atoms with van der Waals surface area (Å²) in [5.74, 6) is 0.990. The average Bonchev–Trinajstić information content (AvgIpc) is 2.62. The molecule has 3 rings (SSSR count). The van der Waals surface area contributed by atoms with Crippen LogP contribution in [0.5, 0.6) is 0 Å². The summed E-state index contributed by atoms with van der Waals surface area (Å²) >= 11 is 0. The summed E-state index contributed by atoms with van der Waals surface area (Å²) in [7, 11) is 0. The summed E-state index contributed by atoms with van der Waals surface area (Å²) in [6.07, 6.45) is 9.87. The molecule has 3 aliphatic rings. The molecule has 1 unspecified atom stereocenters. The monoisotopic (exact) mass is 204 g/mol. The first-order valence-corrected chi connectivity index (χ1v) is 6.60. The molecule has 2 bridgehead atoms. The highest BCUT2D eigenvalue weighted by atomic mass is 14.7. The lowest BCUT2D eigenvalue weighted by atomic mass is 9.54. The Morgan fingerprint density at radius 2 is 1.67 bits per heavy atom. The fraction of sp³-hybridized carbons (Fsp3) is 0.867. The summed E-state index contributed by atoms with van der Waals surface area (Å²) < 4.78 is 0. The molecule has 84 valence electrons. The molecule has 15 heavy (non-hydrogen) atoms. The maximum absolute atomic E-state index is 2.55. The molecule has 0 heteroatoms. The van der Waals surface area contributed by atoms with Crippen LogP contribution in [0.4, 0.5) is 0 Å². The van der Waals surface area contributed by atoms with Crippen molar-refractivity contribution in [3.63, 3.8) is 0 Å². The van der Waals surface area contributed by atoms with Gasteiger partial charge in [0.15, 0.2) is 0 Å². The van der Waals surface area contributed by atoms with Crippen LogP contribution in [-0.4, -0.2) is 0 Å². The third kappa shape index (κ3) is 0.905. The van der Waals surface area contributed by atoms with Gasteiger partial charge in [0.05, 0.1) is 0 Å². The number of allylic oxidation sites excluding steroid dienone is 2. The van der Waals surface area contributed by atoms with Crippen molar-refractivity contribution in [1.82, 2.24) is 0 Å². The van der Waals surface area contributed by atoms with Gasteiger partial charge in [0.2, 0.25) is 0 Å². The Balaban J connectivity index is 2.14. The van der Waals surface area contributed by atoms with E-state index in [0.717, 1.165) is 5.92 Å². The zero-order valence-corrected chi connectivity index (χ0v) is 10.7. The van der Waals surface area contributed by atoms with Gasteiger partial charge in [-0.1, -0.05) is 32.4 Å². The third-order valence-electron chi connectivity index (χ3n) is 6.68. The Morgan fingerprint density at radius 3 is 2.27 bits per heavy atom. The van der Waals surface area contributed by atoms with E-state index >= 15 is 0 Å². The molecule has 0 spiro atoms. The molecular weight excluding hydrogens is 180 g/mol. The van der Waals surface area contributed by atoms with E-state index < -0.39 is 0 Å². The molecule has 0 aromatic carbocycles. The predicted molar refractivity (Wildman–Crippen MR) is 64.7 cm³/mol. The maximum atomic E-state index is 2.55. The normalized spacial score (nSPS) is 51.5. The van der Waals surface area contributed by atoms with Crippen LogP contribution in [0.1, 0.15) is 59.8 Å². The second-order valence-electron chi connectivity index (χ2n) is 7.11. The molecule has 0 nitrogen and oxygen atoms in total. The zero-order chi connectivity index (χ0) is 10.9. The Morgan fingerprint density at radius 1 is 1.07 bits per heavy atom. The fourth-order valence-electron chi connectivity index (χ4n) is 5.14. The molecule has 0 heterocycles. The van der Waals surface area contributed by atoms with Crippen LogP contribution in [-0.2, 0) is 0 Å². The molecule has 0 aromatic heterocycles.